The molecular weight excluding hydrogens is 354 g/mol. The first kappa shape index (κ1) is 18.7. The highest BCUT2D eigenvalue weighted by Gasteiger charge is 2.64. The van der Waals surface area contributed by atoms with E-state index >= 15 is 0 Å². The molecule has 0 fully saturated rings. The van der Waals surface area contributed by atoms with Crippen LogP contribution >= 0.6 is 0 Å². The zero-order chi connectivity index (χ0) is 19.2. The SMILES string of the molecule is NC1=CC=C(c2ccc(N)cc2C(F)(F)F)C(C(=O)O)(C(F)(F)F)C1. The van der Waals surface area contributed by atoms with E-state index in [1.165, 1.54) is 0 Å². The van der Waals surface area contributed by atoms with Crippen molar-refractivity contribution in [1.29, 1.82) is 0 Å². The second kappa shape index (κ2) is 5.71. The molecule has 0 radical (unpaired) electrons. The highest BCUT2D eigenvalue weighted by molar-refractivity contribution is 5.95. The van der Waals surface area contributed by atoms with Gasteiger partial charge >= 0.3 is 18.3 Å². The summed E-state index contributed by atoms with van der Waals surface area (Å²) < 4.78 is 80.7. The fraction of sp³-hybridized carbons (Fsp3) is 0.267. The second-order valence-corrected chi connectivity index (χ2v) is 5.51. The Morgan fingerprint density at radius 1 is 1.08 bits per heavy atom. The molecule has 25 heavy (non-hydrogen) atoms. The molecule has 1 aliphatic rings. The summed E-state index contributed by atoms with van der Waals surface area (Å²) >= 11 is 0. The molecule has 0 amide bonds. The van der Waals surface area contributed by atoms with Gasteiger partial charge in [0.2, 0.25) is 0 Å². The summed E-state index contributed by atoms with van der Waals surface area (Å²) in [5, 5.41) is 9.27. The van der Waals surface area contributed by atoms with E-state index in [0.717, 1.165) is 18.2 Å². The lowest BCUT2D eigenvalue weighted by molar-refractivity contribution is -0.214. The summed E-state index contributed by atoms with van der Waals surface area (Å²) in [4.78, 5) is 11.5. The van der Waals surface area contributed by atoms with Crippen LogP contribution in [0.3, 0.4) is 0 Å². The lowest BCUT2D eigenvalue weighted by Crippen LogP contribution is -2.48. The van der Waals surface area contributed by atoms with Crippen LogP contribution < -0.4 is 11.5 Å². The summed E-state index contributed by atoms with van der Waals surface area (Å²) in [6.07, 6.45) is -10.00. The molecule has 2 rings (SSSR count). The Labute approximate surface area is 137 Å². The van der Waals surface area contributed by atoms with E-state index in [9.17, 15) is 36.2 Å². The Kier molecular flexibility index (Phi) is 4.27. The normalized spacial score (nSPS) is 21.5. The van der Waals surface area contributed by atoms with Crippen molar-refractivity contribution in [1.82, 2.24) is 0 Å². The van der Waals surface area contributed by atoms with E-state index in [2.05, 4.69) is 0 Å². The lowest BCUT2D eigenvalue weighted by atomic mass is 9.69. The topological polar surface area (TPSA) is 89.3 Å². The van der Waals surface area contributed by atoms with E-state index in [1.54, 1.807) is 0 Å². The number of aliphatic carboxylic acids is 1. The van der Waals surface area contributed by atoms with E-state index in [-0.39, 0.29) is 5.69 Å². The van der Waals surface area contributed by atoms with Gasteiger partial charge in [0.05, 0.1) is 5.56 Å². The number of carboxylic acids is 1. The van der Waals surface area contributed by atoms with Gasteiger partial charge in [0.1, 0.15) is 0 Å². The molecule has 1 atom stereocenters. The summed E-state index contributed by atoms with van der Waals surface area (Å²) in [6, 6.07) is 2.15. The van der Waals surface area contributed by atoms with Gasteiger partial charge in [0.25, 0.3) is 0 Å². The van der Waals surface area contributed by atoms with E-state index < -0.39 is 52.6 Å². The van der Waals surface area contributed by atoms with Crippen LogP contribution in [0.5, 0.6) is 0 Å². The van der Waals surface area contributed by atoms with Gasteiger partial charge in [0, 0.05) is 17.8 Å². The second-order valence-electron chi connectivity index (χ2n) is 5.51. The van der Waals surface area contributed by atoms with Crippen molar-refractivity contribution in [2.24, 2.45) is 11.1 Å². The van der Waals surface area contributed by atoms with Gasteiger partial charge in [-0.05, 0) is 29.3 Å². The van der Waals surface area contributed by atoms with Crippen molar-refractivity contribution in [3.8, 4) is 0 Å². The van der Waals surface area contributed by atoms with Crippen molar-refractivity contribution in [3.63, 3.8) is 0 Å². The predicted octanol–water partition coefficient (Wildman–Crippen LogP) is 3.55. The zero-order valence-corrected chi connectivity index (χ0v) is 12.4. The molecule has 5 N–H and O–H groups in total. The third kappa shape index (κ3) is 3.03. The van der Waals surface area contributed by atoms with Gasteiger partial charge in [0.15, 0.2) is 5.41 Å². The minimum atomic E-state index is -5.38. The minimum Gasteiger partial charge on any atom is -0.480 e. The quantitative estimate of drug-likeness (QED) is 0.552. The first-order chi connectivity index (χ1) is 11.3. The van der Waals surface area contributed by atoms with Crippen LogP contribution in [0, 0.1) is 5.41 Å². The van der Waals surface area contributed by atoms with Gasteiger partial charge < -0.3 is 16.6 Å². The average molecular weight is 366 g/mol. The number of allylic oxidation sites excluding steroid dienone is 3. The predicted molar refractivity (Wildman–Crippen MR) is 76.8 cm³/mol. The number of carboxylic acid groups (broad SMARTS) is 1. The molecule has 0 spiro atoms. The van der Waals surface area contributed by atoms with Gasteiger partial charge in [-0.25, -0.2) is 0 Å². The van der Waals surface area contributed by atoms with Crippen LogP contribution in [0.4, 0.5) is 32.0 Å². The maximum Gasteiger partial charge on any atom is 0.417 e. The summed E-state index contributed by atoms with van der Waals surface area (Å²) in [7, 11) is 0. The van der Waals surface area contributed by atoms with Crippen molar-refractivity contribution >= 4 is 17.2 Å². The first-order valence-electron chi connectivity index (χ1n) is 6.74. The summed E-state index contributed by atoms with van der Waals surface area (Å²) in [6.45, 7) is 0. The van der Waals surface area contributed by atoms with Gasteiger partial charge in [-0.3, -0.25) is 4.79 Å². The fourth-order valence-corrected chi connectivity index (χ4v) is 2.71. The number of halogens is 6. The van der Waals surface area contributed by atoms with Crippen LogP contribution in [-0.4, -0.2) is 17.3 Å². The molecule has 4 nitrogen and oxygen atoms in total. The standard InChI is InChI=1S/C15H12F6N2O2/c16-14(17,18)11-5-7(22)1-3-9(11)10-4-2-8(23)6-13(10,12(24)25)15(19,20)21/h1-5H,6,22-23H2,(H,24,25). The molecule has 0 heterocycles. The average Bonchev–Trinajstić information content (AvgIpc) is 2.45. The highest BCUT2D eigenvalue weighted by Crippen LogP contribution is 2.55. The molecule has 0 aromatic heterocycles. The number of rotatable bonds is 2. The van der Waals surface area contributed by atoms with E-state index in [0.29, 0.717) is 12.1 Å². The number of nitrogen functional groups attached to an aromatic ring is 1. The number of anilines is 1. The fourth-order valence-electron chi connectivity index (χ4n) is 2.71. The zero-order valence-electron chi connectivity index (χ0n) is 12.4. The van der Waals surface area contributed by atoms with Crippen molar-refractivity contribution in [2.75, 3.05) is 5.73 Å². The van der Waals surface area contributed by atoms with Crippen LogP contribution in [0.1, 0.15) is 17.5 Å². The van der Waals surface area contributed by atoms with Crippen LogP contribution in [0.2, 0.25) is 0 Å². The van der Waals surface area contributed by atoms with Crippen molar-refractivity contribution < 1.29 is 36.2 Å². The Bertz CT molecular complexity index is 779. The maximum atomic E-state index is 13.7. The number of hydrogen-bond donors (Lipinski definition) is 3. The van der Waals surface area contributed by atoms with Crippen molar-refractivity contribution in [2.45, 2.75) is 18.8 Å². The monoisotopic (exact) mass is 366 g/mol. The molecule has 0 saturated carbocycles. The number of hydrogen-bond acceptors (Lipinski definition) is 3. The first-order valence-corrected chi connectivity index (χ1v) is 6.74. The molecule has 1 unspecified atom stereocenters. The van der Waals surface area contributed by atoms with Crippen LogP contribution in [-0.2, 0) is 11.0 Å². The van der Waals surface area contributed by atoms with Gasteiger partial charge in [-0.15, -0.1) is 0 Å². The smallest absolute Gasteiger partial charge is 0.417 e. The van der Waals surface area contributed by atoms with Crippen LogP contribution in [0.25, 0.3) is 5.57 Å². The molecular formula is C15H12F6N2O2. The Morgan fingerprint density at radius 2 is 1.68 bits per heavy atom. The molecule has 0 bridgehead atoms. The Hall–Kier alpha value is -2.65. The minimum absolute atomic E-state index is 0.324. The molecule has 0 saturated heterocycles. The number of alkyl halides is 6. The third-order valence-electron chi connectivity index (χ3n) is 3.88. The molecule has 1 aliphatic carbocycles. The molecule has 10 heteroatoms. The van der Waals surface area contributed by atoms with E-state index in [4.69, 9.17) is 11.5 Å². The number of benzene rings is 1. The Balaban J connectivity index is 2.86. The molecule has 136 valence electrons. The van der Waals surface area contributed by atoms with Gasteiger partial charge in [-0.1, -0.05) is 12.1 Å². The number of carbonyl (C=O) groups is 1. The largest absolute Gasteiger partial charge is 0.480 e. The van der Waals surface area contributed by atoms with Crippen molar-refractivity contribution in [3.05, 3.63) is 47.2 Å². The molecule has 1 aromatic rings. The third-order valence-corrected chi connectivity index (χ3v) is 3.88. The highest BCUT2D eigenvalue weighted by atomic mass is 19.4. The number of nitrogens with two attached hydrogens (primary N) is 2. The molecule has 0 aliphatic heterocycles. The lowest BCUT2D eigenvalue weighted by Gasteiger charge is -2.37. The summed E-state index contributed by atoms with van der Waals surface area (Å²) in [5.41, 5.74) is 2.90. The maximum absolute atomic E-state index is 13.7. The molecule has 1 aromatic carbocycles. The van der Waals surface area contributed by atoms with Gasteiger partial charge in [-0.2, -0.15) is 26.3 Å². The van der Waals surface area contributed by atoms with Crippen LogP contribution in [0.15, 0.2) is 36.0 Å². The van der Waals surface area contributed by atoms with E-state index in [1.807, 2.05) is 0 Å². The summed E-state index contributed by atoms with van der Waals surface area (Å²) in [5.74, 6) is -2.34. The Morgan fingerprint density at radius 3 is 2.16 bits per heavy atom.